The van der Waals surface area contributed by atoms with Crippen molar-refractivity contribution in [1.82, 2.24) is 4.31 Å². The fraction of sp³-hybridized carbons (Fsp3) is 0.500. The third-order valence-electron chi connectivity index (χ3n) is 4.95. The Bertz CT molecular complexity index is 844. The van der Waals surface area contributed by atoms with E-state index in [1.807, 2.05) is 24.3 Å². The molecule has 0 radical (unpaired) electrons. The third kappa shape index (κ3) is 4.98. The molecule has 1 atom stereocenters. The summed E-state index contributed by atoms with van der Waals surface area (Å²) in [5, 5.41) is 11.5. The van der Waals surface area contributed by atoms with Gasteiger partial charge in [0.05, 0.1) is 6.54 Å². The second kappa shape index (κ2) is 8.85. The molecule has 1 heterocycles. The minimum Gasteiger partial charge on any atom is -0.379 e. The molecule has 1 unspecified atom stereocenters. The number of ether oxygens (including phenoxy) is 1. The van der Waals surface area contributed by atoms with Crippen molar-refractivity contribution in [3.05, 3.63) is 51.8 Å². The molecule has 0 aliphatic carbocycles. The first kappa shape index (κ1) is 23.4. The van der Waals surface area contributed by atoms with Gasteiger partial charge < -0.3 is 9.84 Å². The molecule has 0 aromatic heterocycles. The van der Waals surface area contributed by atoms with Crippen LogP contribution in [0.2, 0.25) is 25.7 Å². The lowest BCUT2D eigenvalue weighted by atomic mass is 9.87. The van der Waals surface area contributed by atoms with Gasteiger partial charge in [-0.1, -0.05) is 56.6 Å². The van der Waals surface area contributed by atoms with Gasteiger partial charge in [0.25, 0.3) is 10.0 Å². The van der Waals surface area contributed by atoms with E-state index in [9.17, 15) is 13.5 Å². The molecule has 1 N–H and O–H groups in total. The van der Waals surface area contributed by atoms with Gasteiger partial charge in [0, 0.05) is 14.7 Å². The van der Waals surface area contributed by atoms with Gasteiger partial charge in [0.2, 0.25) is 0 Å². The van der Waals surface area contributed by atoms with E-state index < -0.39 is 23.7 Å². The molecule has 0 saturated carbocycles. The van der Waals surface area contributed by atoms with Crippen molar-refractivity contribution in [2.45, 2.75) is 38.2 Å². The van der Waals surface area contributed by atoms with Crippen molar-refractivity contribution < 1.29 is 18.3 Å². The highest BCUT2D eigenvalue weighted by Gasteiger charge is 2.46. The number of sulfonamides is 1. The van der Waals surface area contributed by atoms with Gasteiger partial charge in [0.1, 0.15) is 16.6 Å². The standard InChI is InChI=1S/C20H31NO4S2Si/c1-7-17-8-10-18(11-9-17)20(22)14-21(15-25-12-13-28(4,5)6)27(23,24)19(26-3)16(20)2/h7-11,22H,1,12-15H2,2-6H3. The zero-order chi connectivity index (χ0) is 21.2. The van der Waals surface area contributed by atoms with E-state index in [2.05, 4.69) is 26.2 Å². The smallest absolute Gasteiger partial charge is 0.251 e. The molecule has 8 heteroatoms. The Morgan fingerprint density at radius 3 is 2.43 bits per heavy atom. The van der Waals surface area contributed by atoms with Crippen LogP contribution >= 0.6 is 11.8 Å². The minimum atomic E-state index is -3.69. The maximum absolute atomic E-state index is 13.0. The summed E-state index contributed by atoms with van der Waals surface area (Å²) in [6, 6.07) is 8.33. The summed E-state index contributed by atoms with van der Waals surface area (Å²) in [6.45, 7) is 12.6. The quantitative estimate of drug-likeness (QED) is 0.487. The lowest BCUT2D eigenvalue weighted by molar-refractivity contribution is 0.0101. The predicted molar refractivity (Wildman–Crippen MR) is 121 cm³/mol. The first-order chi connectivity index (χ1) is 13.0. The van der Waals surface area contributed by atoms with Crippen molar-refractivity contribution >= 4 is 35.9 Å². The number of rotatable bonds is 8. The van der Waals surface area contributed by atoms with Gasteiger partial charge in [0.15, 0.2) is 0 Å². The normalized spacial score (nSPS) is 23.1. The van der Waals surface area contributed by atoms with Crippen LogP contribution in [0.3, 0.4) is 0 Å². The predicted octanol–water partition coefficient (Wildman–Crippen LogP) is 4.07. The van der Waals surface area contributed by atoms with Crippen LogP contribution < -0.4 is 0 Å². The molecular formula is C20H31NO4S2Si. The molecular weight excluding hydrogens is 410 g/mol. The molecule has 28 heavy (non-hydrogen) atoms. The van der Waals surface area contributed by atoms with Crippen molar-refractivity contribution in [2.24, 2.45) is 0 Å². The Morgan fingerprint density at radius 2 is 1.93 bits per heavy atom. The lowest BCUT2D eigenvalue weighted by Crippen LogP contribution is -2.50. The highest BCUT2D eigenvalue weighted by atomic mass is 32.3. The summed E-state index contributed by atoms with van der Waals surface area (Å²) in [7, 11) is -4.95. The van der Waals surface area contributed by atoms with Crippen LogP contribution in [0.1, 0.15) is 18.1 Å². The number of nitrogens with zero attached hydrogens (tertiary/aromatic N) is 1. The average Bonchev–Trinajstić information content (AvgIpc) is 2.62. The van der Waals surface area contributed by atoms with E-state index in [1.54, 1.807) is 19.3 Å². The lowest BCUT2D eigenvalue weighted by Gasteiger charge is -2.40. The molecule has 1 aromatic rings. The van der Waals surface area contributed by atoms with Gasteiger partial charge in [-0.25, -0.2) is 8.42 Å². The third-order valence-corrected chi connectivity index (χ3v) is 10.1. The number of aliphatic hydroxyl groups is 1. The number of β-amino-alcohol motifs (C(OH)–C–C–N with tert-alkyl or cyclic N) is 1. The Balaban J connectivity index is 2.35. The van der Waals surface area contributed by atoms with Crippen LogP contribution in [0.5, 0.6) is 0 Å². The maximum atomic E-state index is 13.0. The summed E-state index contributed by atoms with van der Waals surface area (Å²) in [4.78, 5) is 0. The van der Waals surface area contributed by atoms with Crippen LogP contribution in [-0.4, -0.2) is 52.0 Å². The summed E-state index contributed by atoms with van der Waals surface area (Å²) in [5.74, 6) is 0. The maximum Gasteiger partial charge on any atom is 0.251 e. The van der Waals surface area contributed by atoms with E-state index in [0.717, 1.165) is 23.4 Å². The number of thioether (sulfide) groups is 1. The second-order valence-corrected chi connectivity index (χ2v) is 16.8. The first-order valence-electron chi connectivity index (χ1n) is 9.24. The molecule has 1 aliphatic heterocycles. The first-order valence-corrected chi connectivity index (χ1v) is 15.6. The average molecular weight is 442 g/mol. The largest absolute Gasteiger partial charge is 0.379 e. The van der Waals surface area contributed by atoms with Crippen molar-refractivity contribution in [3.63, 3.8) is 0 Å². The minimum absolute atomic E-state index is 0.0583. The molecule has 156 valence electrons. The Hall–Kier alpha value is -0.903. The Labute approximate surface area is 174 Å². The van der Waals surface area contributed by atoms with Gasteiger partial charge in [-0.2, -0.15) is 4.31 Å². The highest BCUT2D eigenvalue weighted by Crippen LogP contribution is 2.43. The van der Waals surface area contributed by atoms with Gasteiger partial charge in [-0.15, -0.1) is 11.8 Å². The molecule has 1 aliphatic rings. The van der Waals surface area contributed by atoms with Crippen LogP contribution in [0.4, 0.5) is 0 Å². The summed E-state index contributed by atoms with van der Waals surface area (Å²) < 4.78 is 33.2. The topological polar surface area (TPSA) is 66.8 Å². The number of hydrogen-bond acceptors (Lipinski definition) is 5. The Morgan fingerprint density at radius 1 is 1.32 bits per heavy atom. The molecule has 0 bridgehead atoms. The number of benzene rings is 1. The van der Waals surface area contributed by atoms with E-state index in [-0.39, 0.29) is 17.5 Å². The van der Waals surface area contributed by atoms with Crippen LogP contribution in [0.15, 0.2) is 40.7 Å². The van der Waals surface area contributed by atoms with Crippen molar-refractivity contribution in [3.8, 4) is 0 Å². The highest BCUT2D eigenvalue weighted by molar-refractivity contribution is 8.17. The zero-order valence-electron chi connectivity index (χ0n) is 17.4. The van der Waals surface area contributed by atoms with Crippen LogP contribution in [-0.2, 0) is 20.4 Å². The zero-order valence-corrected chi connectivity index (χ0v) is 20.0. The van der Waals surface area contributed by atoms with Gasteiger partial charge in [-0.05, 0) is 35.9 Å². The molecule has 0 amide bonds. The van der Waals surface area contributed by atoms with Gasteiger partial charge in [-0.3, -0.25) is 0 Å². The van der Waals surface area contributed by atoms with Crippen LogP contribution in [0.25, 0.3) is 6.08 Å². The Kier molecular flexibility index (Phi) is 7.39. The molecule has 5 nitrogen and oxygen atoms in total. The van der Waals surface area contributed by atoms with E-state index in [4.69, 9.17) is 4.74 Å². The van der Waals surface area contributed by atoms with E-state index >= 15 is 0 Å². The molecule has 1 aromatic carbocycles. The van der Waals surface area contributed by atoms with Crippen LogP contribution in [0, 0.1) is 0 Å². The SMILES string of the molecule is C=Cc1ccc(C2(O)CN(COCC[Si](C)(C)C)S(=O)(=O)C(SC)=C2C)cc1. The second-order valence-electron chi connectivity index (χ2n) is 8.27. The monoisotopic (exact) mass is 441 g/mol. The summed E-state index contributed by atoms with van der Waals surface area (Å²) >= 11 is 1.14. The van der Waals surface area contributed by atoms with E-state index in [1.165, 1.54) is 4.31 Å². The fourth-order valence-corrected chi connectivity index (χ4v) is 6.81. The summed E-state index contributed by atoms with van der Waals surface area (Å²) in [5.41, 5.74) is 0.647. The van der Waals surface area contributed by atoms with Crippen molar-refractivity contribution in [2.75, 3.05) is 26.1 Å². The molecule has 0 saturated heterocycles. The van der Waals surface area contributed by atoms with Crippen molar-refractivity contribution in [1.29, 1.82) is 0 Å². The number of hydrogen-bond donors (Lipinski definition) is 1. The fourth-order valence-electron chi connectivity index (χ4n) is 3.06. The molecule has 0 fully saturated rings. The molecule has 0 spiro atoms. The molecule has 2 rings (SSSR count). The van der Waals surface area contributed by atoms with Gasteiger partial charge >= 0.3 is 0 Å². The summed E-state index contributed by atoms with van der Waals surface area (Å²) in [6.07, 6.45) is 3.45. The van der Waals surface area contributed by atoms with E-state index in [0.29, 0.717) is 17.7 Å².